The monoisotopic (exact) mass is 210 g/mol. The maximum Gasteiger partial charge on any atom is 0.138 e. The summed E-state index contributed by atoms with van der Waals surface area (Å²) in [6, 6.07) is 0.990. The second-order valence-corrected chi connectivity index (χ2v) is 4.30. The molecule has 1 aromatic rings. The van der Waals surface area contributed by atoms with Gasteiger partial charge in [-0.15, -0.1) is 0 Å². The standard InChI is InChI=1S/C11H22N4/c1-9(2)15-11(13-8-14-15)7-5-6-10(3)12-4/h8-10,12H,5-7H2,1-4H3. The zero-order valence-electron chi connectivity index (χ0n) is 10.2. The van der Waals surface area contributed by atoms with Crippen molar-refractivity contribution in [3.05, 3.63) is 12.2 Å². The summed E-state index contributed by atoms with van der Waals surface area (Å²) in [5, 5.41) is 7.46. The van der Waals surface area contributed by atoms with Crippen LogP contribution in [0, 0.1) is 0 Å². The van der Waals surface area contributed by atoms with E-state index in [-0.39, 0.29) is 0 Å². The highest BCUT2D eigenvalue weighted by Crippen LogP contribution is 2.08. The molecule has 1 N–H and O–H groups in total. The maximum atomic E-state index is 4.29. The van der Waals surface area contributed by atoms with Crippen molar-refractivity contribution in [1.29, 1.82) is 0 Å². The predicted molar refractivity (Wildman–Crippen MR) is 61.9 cm³/mol. The Labute approximate surface area is 92.1 Å². The molecule has 0 fully saturated rings. The van der Waals surface area contributed by atoms with E-state index in [1.807, 2.05) is 11.7 Å². The summed E-state index contributed by atoms with van der Waals surface area (Å²) in [6.45, 7) is 6.47. The van der Waals surface area contributed by atoms with Crippen LogP contribution in [0.25, 0.3) is 0 Å². The van der Waals surface area contributed by atoms with E-state index in [0.29, 0.717) is 12.1 Å². The molecule has 1 heterocycles. The van der Waals surface area contributed by atoms with Gasteiger partial charge < -0.3 is 5.32 Å². The fraction of sp³-hybridized carbons (Fsp3) is 0.818. The molecule has 0 saturated carbocycles. The highest BCUT2D eigenvalue weighted by molar-refractivity contribution is 4.86. The van der Waals surface area contributed by atoms with E-state index < -0.39 is 0 Å². The van der Waals surface area contributed by atoms with E-state index in [4.69, 9.17) is 0 Å². The Balaban J connectivity index is 2.40. The first-order chi connectivity index (χ1) is 7.15. The van der Waals surface area contributed by atoms with Gasteiger partial charge in [-0.25, -0.2) is 9.67 Å². The molecule has 1 atom stereocenters. The van der Waals surface area contributed by atoms with Crippen molar-refractivity contribution in [3.63, 3.8) is 0 Å². The summed E-state index contributed by atoms with van der Waals surface area (Å²) < 4.78 is 2.00. The number of aryl methyl sites for hydroxylation is 1. The van der Waals surface area contributed by atoms with Crippen LogP contribution in [-0.2, 0) is 6.42 Å². The van der Waals surface area contributed by atoms with Crippen molar-refractivity contribution in [2.75, 3.05) is 7.05 Å². The number of hydrogen-bond acceptors (Lipinski definition) is 3. The van der Waals surface area contributed by atoms with Crippen LogP contribution in [0.15, 0.2) is 6.33 Å². The molecule has 1 aromatic heterocycles. The van der Waals surface area contributed by atoms with Crippen molar-refractivity contribution in [3.8, 4) is 0 Å². The molecule has 0 amide bonds. The third-order valence-electron chi connectivity index (χ3n) is 2.67. The Bertz CT molecular complexity index is 280. The van der Waals surface area contributed by atoms with Crippen molar-refractivity contribution in [2.45, 2.75) is 52.1 Å². The Morgan fingerprint density at radius 2 is 2.13 bits per heavy atom. The van der Waals surface area contributed by atoms with Crippen molar-refractivity contribution < 1.29 is 0 Å². The minimum absolute atomic E-state index is 0.407. The Morgan fingerprint density at radius 1 is 1.40 bits per heavy atom. The second kappa shape index (κ2) is 5.85. The fourth-order valence-electron chi connectivity index (χ4n) is 1.60. The van der Waals surface area contributed by atoms with Gasteiger partial charge >= 0.3 is 0 Å². The quantitative estimate of drug-likeness (QED) is 0.778. The molecule has 0 spiro atoms. The van der Waals surface area contributed by atoms with Gasteiger partial charge in [0.05, 0.1) is 0 Å². The first-order valence-corrected chi connectivity index (χ1v) is 5.70. The van der Waals surface area contributed by atoms with E-state index in [0.717, 1.165) is 18.7 Å². The number of nitrogens with one attached hydrogen (secondary N) is 1. The number of hydrogen-bond donors (Lipinski definition) is 1. The Kier molecular flexibility index (Phi) is 4.75. The molecule has 0 saturated heterocycles. The smallest absolute Gasteiger partial charge is 0.138 e. The molecule has 1 rings (SSSR count). The minimum Gasteiger partial charge on any atom is -0.317 e. The molecule has 0 aliphatic heterocycles. The van der Waals surface area contributed by atoms with Crippen molar-refractivity contribution in [2.24, 2.45) is 0 Å². The number of aromatic nitrogens is 3. The average molecular weight is 210 g/mol. The average Bonchev–Trinajstić information content (AvgIpc) is 2.65. The highest BCUT2D eigenvalue weighted by Gasteiger charge is 2.07. The lowest BCUT2D eigenvalue weighted by Gasteiger charge is -2.11. The number of rotatable bonds is 6. The molecule has 0 aliphatic carbocycles. The van der Waals surface area contributed by atoms with Crippen LogP contribution in [0.4, 0.5) is 0 Å². The predicted octanol–water partition coefficient (Wildman–Crippen LogP) is 1.79. The van der Waals surface area contributed by atoms with Gasteiger partial charge in [-0.3, -0.25) is 0 Å². The van der Waals surface area contributed by atoms with Crippen molar-refractivity contribution in [1.82, 2.24) is 20.1 Å². The summed E-state index contributed by atoms with van der Waals surface area (Å²) in [5.41, 5.74) is 0. The fourth-order valence-corrected chi connectivity index (χ4v) is 1.60. The van der Waals surface area contributed by atoms with Gasteiger partial charge in [0.25, 0.3) is 0 Å². The van der Waals surface area contributed by atoms with E-state index in [1.54, 1.807) is 6.33 Å². The summed E-state index contributed by atoms with van der Waals surface area (Å²) >= 11 is 0. The molecule has 4 heteroatoms. The van der Waals surface area contributed by atoms with Crippen LogP contribution in [0.5, 0.6) is 0 Å². The lowest BCUT2D eigenvalue weighted by molar-refractivity contribution is 0.485. The van der Waals surface area contributed by atoms with Gasteiger partial charge in [-0.1, -0.05) is 0 Å². The van der Waals surface area contributed by atoms with Crippen LogP contribution >= 0.6 is 0 Å². The van der Waals surface area contributed by atoms with E-state index in [2.05, 4.69) is 36.2 Å². The Hall–Kier alpha value is -0.900. The Morgan fingerprint density at radius 3 is 2.73 bits per heavy atom. The van der Waals surface area contributed by atoms with E-state index >= 15 is 0 Å². The molecule has 0 bridgehead atoms. The van der Waals surface area contributed by atoms with Crippen LogP contribution in [0.2, 0.25) is 0 Å². The van der Waals surface area contributed by atoms with E-state index in [1.165, 1.54) is 6.42 Å². The SMILES string of the molecule is CNC(C)CCCc1ncnn1C(C)C. The molecule has 0 radical (unpaired) electrons. The van der Waals surface area contributed by atoms with Gasteiger partial charge in [-0.2, -0.15) is 5.10 Å². The molecule has 4 nitrogen and oxygen atoms in total. The van der Waals surface area contributed by atoms with Gasteiger partial charge in [0, 0.05) is 18.5 Å². The molecular weight excluding hydrogens is 188 g/mol. The molecule has 0 aromatic carbocycles. The lowest BCUT2D eigenvalue weighted by Crippen LogP contribution is -2.21. The van der Waals surface area contributed by atoms with Crippen molar-refractivity contribution >= 4 is 0 Å². The normalized spacial score (nSPS) is 13.4. The molecule has 15 heavy (non-hydrogen) atoms. The minimum atomic E-state index is 0.407. The lowest BCUT2D eigenvalue weighted by atomic mass is 10.1. The zero-order valence-corrected chi connectivity index (χ0v) is 10.2. The summed E-state index contributed by atoms with van der Waals surface area (Å²) in [7, 11) is 2.00. The first kappa shape index (κ1) is 12.2. The zero-order chi connectivity index (χ0) is 11.3. The van der Waals surface area contributed by atoms with Gasteiger partial charge in [-0.05, 0) is 40.7 Å². The van der Waals surface area contributed by atoms with E-state index in [9.17, 15) is 0 Å². The summed E-state index contributed by atoms with van der Waals surface area (Å²) in [6.07, 6.45) is 5.01. The molecule has 0 aliphatic rings. The first-order valence-electron chi connectivity index (χ1n) is 5.70. The third kappa shape index (κ3) is 3.63. The highest BCUT2D eigenvalue weighted by atomic mass is 15.3. The third-order valence-corrected chi connectivity index (χ3v) is 2.67. The van der Waals surface area contributed by atoms with Crippen LogP contribution < -0.4 is 5.32 Å². The second-order valence-electron chi connectivity index (χ2n) is 4.30. The van der Waals surface area contributed by atoms with Crippen LogP contribution in [0.3, 0.4) is 0 Å². The van der Waals surface area contributed by atoms with Gasteiger partial charge in [0.2, 0.25) is 0 Å². The molecule has 1 unspecified atom stereocenters. The van der Waals surface area contributed by atoms with Crippen LogP contribution in [-0.4, -0.2) is 27.9 Å². The summed E-state index contributed by atoms with van der Waals surface area (Å²) in [5.74, 6) is 1.10. The van der Waals surface area contributed by atoms with Gasteiger partial charge in [0.15, 0.2) is 0 Å². The number of nitrogens with zero attached hydrogens (tertiary/aromatic N) is 3. The largest absolute Gasteiger partial charge is 0.317 e. The molecule has 86 valence electrons. The summed E-state index contributed by atoms with van der Waals surface area (Å²) in [4.78, 5) is 4.29. The van der Waals surface area contributed by atoms with Crippen LogP contribution in [0.1, 0.15) is 45.5 Å². The topological polar surface area (TPSA) is 42.7 Å². The molecular formula is C11H22N4. The maximum absolute atomic E-state index is 4.29. The van der Waals surface area contributed by atoms with Gasteiger partial charge in [0.1, 0.15) is 12.2 Å².